The van der Waals surface area contributed by atoms with E-state index in [2.05, 4.69) is 16.0 Å². The number of rotatable bonds is 10. The molecule has 24 heavy (non-hydrogen) atoms. The van der Waals surface area contributed by atoms with E-state index in [-0.39, 0.29) is 18.4 Å². The minimum Gasteiger partial charge on any atom is -0.480 e. The summed E-state index contributed by atoms with van der Waals surface area (Å²) in [4.78, 5) is 45.9. The van der Waals surface area contributed by atoms with Gasteiger partial charge < -0.3 is 26.8 Å². The van der Waals surface area contributed by atoms with Gasteiger partial charge in [-0.25, -0.2) is 0 Å². The van der Waals surface area contributed by atoms with Crippen LogP contribution in [0, 0.1) is 11.8 Å². The number of carboxylic acids is 1. The van der Waals surface area contributed by atoms with E-state index in [1.54, 1.807) is 13.8 Å². The molecule has 9 heteroatoms. The zero-order valence-corrected chi connectivity index (χ0v) is 14.6. The molecule has 2 atom stereocenters. The van der Waals surface area contributed by atoms with Crippen LogP contribution in [0.5, 0.6) is 0 Å². The van der Waals surface area contributed by atoms with E-state index in [1.165, 1.54) is 0 Å². The zero-order valence-electron chi connectivity index (χ0n) is 14.6. The summed E-state index contributed by atoms with van der Waals surface area (Å²) in [6.07, 6.45) is 0.496. The average molecular weight is 344 g/mol. The molecule has 0 aliphatic rings. The van der Waals surface area contributed by atoms with Crippen molar-refractivity contribution in [3.8, 4) is 0 Å². The van der Waals surface area contributed by atoms with E-state index >= 15 is 0 Å². The van der Waals surface area contributed by atoms with Gasteiger partial charge in [-0.05, 0) is 18.3 Å². The lowest BCUT2D eigenvalue weighted by atomic mass is 10.0. The largest absolute Gasteiger partial charge is 0.480 e. The van der Waals surface area contributed by atoms with Gasteiger partial charge in [-0.3, -0.25) is 19.2 Å². The van der Waals surface area contributed by atoms with Crippen LogP contribution in [-0.4, -0.2) is 54.0 Å². The molecule has 3 amide bonds. The SMILES string of the molecule is CC(C)CC(N)C(=O)NC(C(=O)NCC(=O)NCC(=O)O)C(C)C. The predicted molar refractivity (Wildman–Crippen MR) is 87.9 cm³/mol. The van der Waals surface area contributed by atoms with Gasteiger partial charge in [-0.1, -0.05) is 27.7 Å². The molecule has 0 aromatic rings. The molecular formula is C15H28N4O5. The molecular weight excluding hydrogens is 316 g/mol. The van der Waals surface area contributed by atoms with Crippen LogP contribution in [0.15, 0.2) is 0 Å². The second-order valence-corrected chi connectivity index (χ2v) is 6.35. The second kappa shape index (κ2) is 10.6. The molecule has 9 nitrogen and oxygen atoms in total. The molecule has 0 saturated heterocycles. The van der Waals surface area contributed by atoms with Crippen LogP contribution in [0.2, 0.25) is 0 Å². The van der Waals surface area contributed by atoms with Crippen molar-refractivity contribution in [1.82, 2.24) is 16.0 Å². The average Bonchev–Trinajstić information content (AvgIpc) is 2.46. The zero-order chi connectivity index (χ0) is 18.9. The van der Waals surface area contributed by atoms with Crippen LogP contribution in [0.3, 0.4) is 0 Å². The van der Waals surface area contributed by atoms with Gasteiger partial charge in [0.25, 0.3) is 0 Å². The van der Waals surface area contributed by atoms with Gasteiger partial charge in [-0.15, -0.1) is 0 Å². The van der Waals surface area contributed by atoms with Crippen LogP contribution in [0.1, 0.15) is 34.1 Å². The lowest BCUT2D eigenvalue weighted by Gasteiger charge is -2.24. The maximum Gasteiger partial charge on any atom is 0.322 e. The number of carbonyl (C=O) groups excluding carboxylic acids is 3. The molecule has 0 radical (unpaired) electrons. The van der Waals surface area contributed by atoms with E-state index in [0.717, 1.165) is 0 Å². The van der Waals surface area contributed by atoms with Gasteiger partial charge in [0.2, 0.25) is 17.7 Å². The second-order valence-electron chi connectivity index (χ2n) is 6.35. The van der Waals surface area contributed by atoms with E-state index in [0.29, 0.717) is 6.42 Å². The van der Waals surface area contributed by atoms with Crippen molar-refractivity contribution in [2.45, 2.75) is 46.2 Å². The van der Waals surface area contributed by atoms with E-state index in [1.807, 2.05) is 13.8 Å². The Balaban J connectivity index is 4.54. The normalized spacial score (nSPS) is 13.3. The summed E-state index contributed by atoms with van der Waals surface area (Å²) in [6.45, 7) is 6.49. The molecule has 0 saturated carbocycles. The Labute approximate surface area is 141 Å². The van der Waals surface area contributed by atoms with Gasteiger partial charge in [-0.2, -0.15) is 0 Å². The molecule has 0 fully saturated rings. The van der Waals surface area contributed by atoms with Crippen molar-refractivity contribution >= 4 is 23.7 Å². The Hall–Kier alpha value is -2.16. The Morgan fingerprint density at radius 3 is 2.00 bits per heavy atom. The van der Waals surface area contributed by atoms with Crippen molar-refractivity contribution in [3.63, 3.8) is 0 Å². The maximum absolute atomic E-state index is 12.1. The van der Waals surface area contributed by atoms with E-state index in [4.69, 9.17) is 10.8 Å². The summed E-state index contributed by atoms with van der Waals surface area (Å²) in [5.74, 6) is -2.72. The quantitative estimate of drug-likeness (QED) is 0.336. The topological polar surface area (TPSA) is 151 Å². The number of hydrogen-bond donors (Lipinski definition) is 5. The molecule has 0 heterocycles. The van der Waals surface area contributed by atoms with Crippen LogP contribution in [0.4, 0.5) is 0 Å². The number of nitrogens with one attached hydrogen (secondary N) is 3. The summed E-state index contributed by atoms with van der Waals surface area (Å²) < 4.78 is 0. The molecule has 138 valence electrons. The molecule has 0 aromatic carbocycles. The molecule has 0 aliphatic carbocycles. The van der Waals surface area contributed by atoms with Crippen molar-refractivity contribution in [1.29, 1.82) is 0 Å². The highest BCUT2D eigenvalue weighted by atomic mass is 16.4. The predicted octanol–water partition coefficient (Wildman–Crippen LogP) is -1.18. The first-order valence-electron chi connectivity index (χ1n) is 7.86. The van der Waals surface area contributed by atoms with Crippen LogP contribution < -0.4 is 21.7 Å². The lowest BCUT2D eigenvalue weighted by molar-refractivity contribution is -0.138. The van der Waals surface area contributed by atoms with Gasteiger partial charge in [0.15, 0.2) is 0 Å². The first-order chi connectivity index (χ1) is 11.0. The summed E-state index contributed by atoms with van der Waals surface area (Å²) in [5, 5.41) is 15.5. The van der Waals surface area contributed by atoms with Gasteiger partial charge in [0, 0.05) is 0 Å². The standard InChI is InChI=1S/C15H28N4O5/c1-8(2)5-10(16)14(23)19-13(9(3)4)15(24)18-6-11(20)17-7-12(21)22/h8-10,13H,5-7,16H2,1-4H3,(H,17,20)(H,18,24)(H,19,23)(H,21,22). The molecule has 0 spiro atoms. The minimum absolute atomic E-state index is 0.206. The molecule has 0 rings (SSSR count). The number of aliphatic carboxylic acids is 1. The molecule has 0 aromatic heterocycles. The van der Waals surface area contributed by atoms with Gasteiger partial charge in [0.05, 0.1) is 12.6 Å². The third-order valence-corrected chi connectivity index (χ3v) is 3.17. The highest BCUT2D eigenvalue weighted by Crippen LogP contribution is 2.06. The highest BCUT2D eigenvalue weighted by Gasteiger charge is 2.26. The first kappa shape index (κ1) is 21.8. The molecule has 0 aliphatic heterocycles. The van der Waals surface area contributed by atoms with E-state index in [9.17, 15) is 19.2 Å². The van der Waals surface area contributed by atoms with Crippen LogP contribution in [0.25, 0.3) is 0 Å². The Bertz CT molecular complexity index is 465. The smallest absolute Gasteiger partial charge is 0.322 e. The Morgan fingerprint density at radius 1 is 0.958 bits per heavy atom. The van der Waals surface area contributed by atoms with Crippen LogP contribution in [-0.2, 0) is 19.2 Å². The third-order valence-electron chi connectivity index (χ3n) is 3.17. The van der Waals surface area contributed by atoms with E-state index < -0.39 is 42.3 Å². The fourth-order valence-electron chi connectivity index (χ4n) is 1.92. The molecule has 2 unspecified atom stereocenters. The van der Waals surface area contributed by atoms with Crippen molar-refractivity contribution in [2.75, 3.05) is 13.1 Å². The molecule has 6 N–H and O–H groups in total. The summed E-state index contributed by atoms with van der Waals surface area (Å²) in [7, 11) is 0. The van der Waals surface area contributed by atoms with Crippen molar-refractivity contribution in [2.24, 2.45) is 17.6 Å². The van der Waals surface area contributed by atoms with Crippen molar-refractivity contribution in [3.05, 3.63) is 0 Å². The van der Waals surface area contributed by atoms with Crippen LogP contribution >= 0.6 is 0 Å². The number of carboxylic acid groups (broad SMARTS) is 1. The number of carbonyl (C=O) groups is 4. The third kappa shape index (κ3) is 9.09. The van der Waals surface area contributed by atoms with Crippen molar-refractivity contribution < 1.29 is 24.3 Å². The Morgan fingerprint density at radius 2 is 1.54 bits per heavy atom. The van der Waals surface area contributed by atoms with Gasteiger partial charge >= 0.3 is 5.97 Å². The summed E-state index contributed by atoms with van der Waals surface area (Å²) in [6, 6.07) is -1.54. The highest BCUT2D eigenvalue weighted by molar-refractivity contribution is 5.92. The summed E-state index contributed by atoms with van der Waals surface area (Å²) in [5.41, 5.74) is 5.79. The minimum atomic E-state index is -1.18. The monoisotopic (exact) mass is 344 g/mol. The number of amides is 3. The lowest BCUT2D eigenvalue weighted by Crippen LogP contribution is -2.55. The fourth-order valence-corrected chi connectivity index (χ4v) is 1.92. The first-order valence-corrected chi connectivity index (χ1v) is 7.86. The Kier molecular flexibility index (Phi) is 9.63. The number of nitrogens with two attached hydrogens (primary N) is 1. The fraction of sp³-hybridized carbons (Fsp3) is 0.733. The number of hydrogen-bond acceptors (Lipinski definition) is 5. The van der Waals surface area contributed by atoms with Gasteiger partial charge in [0.1, 0.15) is 12.6 Å². The maximum atomic E-state index is 12.1. The summed E-state index contributed by atoms with van der Waals surface area (Å²) >= 11 is 0. The molecule has 0 bridgehead atoms.